The Kier molecular flexibility index (Phi) is 8.18. The zero-order chi connectivity index (χ0) is 12.3. The number of nitrogens with one attached hydrogen (secondary N) is 1. The fourth-order valence-corrected chi connectivity index (χ4v) is 2.96. The third-order valence-corrected chi connectivity index (χ3v) is 3.98. The van der Waals surface area contributed by atoms with E-state index in [0.717, 1.165) is 18.9 Å². The molecule has 17 heavy (non-hydrogen) atoms. The Morgan fingerprint density at radius 1 is 1.18 bits per heavy atom. The molecule has 0 heterocycles. The van der Waals surface area contributed by atoms with Crippen molar-refractivity contribution in [2.75, 3.05) is 6.54 Å². The smallest absolute Gasteiger partial charge is 0.0104 e. The fourth-order valence-electron chi connectivity index (χ4n) is 2.96. The van der Waals surface area contributed by atoms with Crippen molar-refractivity contribution in [3.05, 3.63) is 0 Å². The van der Waals surface area contributed by atoms with E-state index >= 15 is 0 Å². The van der Waals surface area contributed by atoms with Crippen LogP contribution >= 0.6 is 0 Å². The van der Waals surface area contributed by atoms with Gasteiger partial charge in [-0.05, 0) is 38.1 Å². The Morgan fingerprint density at radius 3 is 2.41 bits per heavy atom. The number of hydrogen-bond acceptors (Lipinski definition) is 1. The van der Waals surface area contributed by atoms with Gasteiger partial charge in [-0.3, -0.25) is 0 Å². The van der Waals surface area contributed by atoms with Crippen LogP contribution in [0, 0.1) is 18.3 Å². The molecule has 0 saturated heterocycles. The van der Waals surface area contributed by atoms with Crippen molar-refractivity contribution in [1.82, 2.24) is 5.32 Å². The van der Waals surface area contributed by atoms with Crippen LogP contribution in [-0.4, -0.2) is 12.6 Å². The lowest BCUT2D eigenvalue weighted by Gasteiger charge is -2.29. The summed E-state index contributed by atoms with van der Waals surface area (Å²) in [5.74, 6) is 3.67. The summed E-state index contributed by atoms with van der Waals surface area (Å²) in [5, 5.41) is 3.73. The lowest BCUT2D eigenvalue weighted by molar-refractivity contribution is 0.275. The van der Waals surface area contributed by atoms with Crippen molar-refractivity contribution in [3.63, 3.8) is 0 Å². The Labute approximate surface area is 108 Å². The van der Waals surface area contributed by atoms with Crippen LogP contribution in [0.2, 0.25) is 0 Å². The van der Waals surface area contributed by atoms with Gasteiger partial charge in [-0.15, -0.1) is 12.3 Å². The standard InChI is InChI=1S/C16H29N/c1-3-5-13-16(17-14-4-2)15-11-9-7-6-8-10-12-15/h1,15-17H,4-14H2,2H3. The summed E-state index contributed by atoms with van der Waals surface area (Å²) in [6.07, 6.45) is 18.7. The molecule has 0 amide bonds. The first kappa shape index (κ1) is 14.6. The maximum atomic E-state index is 5.41. The van der Waals surface area contributed by atoms with Crippen molar-refractivity contribution in [2.24, 2.45) is 5.92 Å². The Balaban J connectivity index is 2.42. The maximum Gasteiger partial charge on any atom is 0.0104 e. The second-order valence-electron chi connectivity index (χ2n) is 5.41. The van der Waals surface area contributed by atoms with Gasteiger partial charge >= 0.3 is 0 Å². The molecule has 0 bridgehead atoms. The molecule has 0 aromatic heterocycles. The molecular formula is C16H29N. The second kappa shape index (κ2) is 9.54. The molecule has 0 radical (unpaired) electrons. The molecular weight excluding hydrogens is 206 g/mol. The van der Waals surface area contributed by atoms with Crippen molar-refractivity contribution >= 4 is 0 Å². The highest BCUT2D eigenvalue weighted by Crippen LogP contribution is 2.26. The van der Waals surface area contributed by atoms with E-state index in [2.05, 4.69) is 18.2 Å². The van der Waals surface area contributed by atoms with Crippen LogP contribution in [0.1, 0.15) is 71.1 Å². The summed E-state index contributed by atoms with van der Waals surface area (Å²) in [6.45, 7) is 3.38. The van der Waals surface area contributed by atoms with Gasteiger partial charge in [-0.25, -0.2) is 0 Å². The summed E-state index contributed by atoms with van der Waals surface area (Å²) in [5.41, 5.74) is 0. The van der Waals surface area contributed by atoms with Gasteiger partial charge in [0.05, 0.1) is 0 Å². The van der Waals surface area contributed by atoms with Gasteiger partial charge in [-0.2, -0.15) is 0 Å². The van der Waals surface area contributed by atoms with Gasteiger partial charge in [0.15, 0.2) is 0 Å². The molecule has 1 heteroatoms. The maximum absolute atomic E-state index is 5.41. The van der Waals surface area contributed by atoms with Crippen molar-refractivity contribution in [1.29, 1.82) is 0 Å². The molecule has 1 N–H and O–H groups in total. The van der Waals surface area contributed by atoms with Crippen LogP contribution in [0.15, 0.2) is 0 Å². The van der Waals surface area contributed by atoms with E-state index in [9.17, 15) is 0 Å². The average Bonchev–Trinajstić information content (AvgIpc) is 2.30. The minimum atomic E-state index is 0.670. The van der Waals surface area contributed by atoms with E-state index in [1.807, 2.05) is 0 Å². The number of rotatable bonds is 6. The molecule has 0 spiro atoms. The van der Waals surface area contributed by atoms with Crippen LogP contribution in [0.25, 0.3) is 0 Å². The van der Waals surface area contributed by atoms with Crippen LogP contribution in [0.5, 0.6) is 0 Å². The molecule has 1 saturated carbocycles. The Morgan fingerprint density at radius 2 is 1.82 bits per heavy atom. The second-order valence-corrected chi connectivity index (χ2v) is 5.41. The highest BCUT2D eigenvalue weighted by Gasteiger charge is 2.20. The van der Waals surface area contributed by atoms with E-state index in [0.29, 0.717) is 6.04 Å². The van der Waals surface area contributed by atoms with Crippen molar-refractivity contribution in [2.45, 2.75) is 77.2 Å². The SMILES string of the molecule is C#CCCC(NCCC)C1CCCCCCC1. The summed E-state index contributed by atoms with van der Waals surface area (Å²) >= 11 is 0. The van der Waals surface area contributed by atoms with E-state index in [4.69, 9.17) is 6.42 Å². The monoisotopic (exact) mass is 235 g/mol. The van der Waals surface area contributed by atoms with Gasteiger partial charge in [0.25, 0.3) is 0 Å². The number of hydrogen-bond donors (Lipinski definition) is 1. The quantitative estimate of drug-likeness (QED) is 0.683. The van der Waals surface area contributed by atoms with Gasteiger partial charge in [0.2, 0.25) is 0 Å². The molecule has 1 aliphatic rings. The average molecular weight is 235 g/mol. The van der Waals surface area contributed by atoms with E-state index < -0.39 is 0 Å². The molecule has 98 valence electrons. The molecule has 1 nitrogen and oxygen atoms in total. The number of terminal acetylenes is 1. The van der Waals surface area contributed by atoms with Gasteiger partial charge in [0.1, 0.15) is 0 Å². The molecule has 1 aliphatic carbocycles. The predicted molar refractivity (Wildman–Crippen MR) is 76.0 cm³/mol. The van der Waals surface area contributed by atoms with Crippen LogP contribution in [0.4, 0.5) is 0 Å². The first-order chi connectivity index (χ1) is 8.38. The molecule has 1 rings (SSSR count). The normalized spacial score (nSPS) is 20.2. The molecule has 1 unspecified atom stereocenters. The fraction of sp³-hybridized carbons (Fsp3) is 0.875. The van der Waals surface area contributed by atoms with E-state index in [-0.39, 0.29) is 0 Å². The van der Waals surface area contributed by atoms with Crippen LogP contribution in [0.3, 0.4) is 0 Å². The summed E-state index contributed by atoms with van der Waals surface area (Å²) in [4.78, 5) is 0. The summed E-state index contributed by atoms with van der Waals surface area (Å²) < 4.78 is 0. The van der Waals surface area contributed by atoms with Gasteiger partial charge in [-0.1, -0.05) is 39.0 Å². The lowest BCUT2D eigenvalue weighted by atomic mass is 9.84. The minimum absolute atomic E-state index is 0.670. The minimum Gasteiger partial charge on any atom is -0.314 e. The van der Waals surface area contributed by atoms with Crippen LogP contribution in [-0.2, 0) is 0 Å². The highest BCUT2D eigenvalue weighted by atomic mass is 14.9. The zero-order valence-electron chi connectivity index (χ0n) is 11.5. The summed E-state index contributed by atoms with van der Waals surface area (Å²) in [6, 6.07) is 0.670. The topological polar surface area (TPSA) is 12.0 Å². The predicted octanol–water partition coefficient (Wildman–Crippen LogP) is 4.13. The lowest BCUT2D eigenvalue weighted by Crippen LogP contribution is -2.37. The van der Waals surface area contributed by atoms with Crippen LogP contribution < -0.4 is 5.32 Å². The largest absolute Gasteiger partial charge is 0.314 e. The summed E-state index contributed by atoms with van der Waals surface area (Å²) in [7, 11) is 0. The van der Waals surface area contributed by atoms with E-state index in [1.165, 1.54) is 57.8 Å². The highest BCUT2D eigenvalue weighted by molar-refractivity contribution is 4.88. The van der Waals surface area contributed by atoms with Crippen molar-refractivity contribution in [3.8, 4) is 12.3 Å². The molecule has 0 aliphatic heterocycles. The molecule has 0 aromatic carbocycles. The molecule has 1 fully saturated rings. The Hall–Kier alpha value is -0.480. The first-order valence-electron chi connectivity index (χ1n) is 7.55. The van der Waals surface area contributed by atoms with Gasteiger partial charge in [0, 0.05) is 12.5 Å². The zero-order valence-corrected chi connectivity index (χ0v) is 11.5. The molecule has 1 atom stereocenters. The first-order valence-corrected chi connectivity index (χ1v) is 7.55. The van der Waals surface area contributed by atoms with E-state index in [1.54, 1.807) is 0 Å². The van der Waals surface area contributed by atoms with Gasteiger partial charge < -0.3 is 5.32 Å². The van der Waals surface area contributed by atoms with Crippen molar-refractivity contribution < 1.29 is 0 Å². The third kappa shape index (κ3) is 6.13. The Bertz CT molecular complexity index is 208. The molecule has 0 aromatic rings. The third-order valence-electron chi connectivity index (χ3n) is 3.98.